The summed E-state index contributed by atoms with van der Waals surface area (Å²) in [5, 5.41) is 6.40. The minimum Gasteiger partial charge on any atom is -0.135 e. The van der Waals surface area contributed by atoms with Gasteiger partial charge in [0.1, 0.15) is 0 Å². The molecule has 0 saturated heterocycles. The van der Waals surface area contributed by atoms with Gasteiger partial charge in [-0.3, -0.25) is 0 Å². The van der Waals surface area contributed by atoms with Gasteiger partial charge >= 0.3 is 0 Å². The molecule has 0 aliphatic heterocycles. The van der Waals surface area contributed by atoms with Crippen LogP contribution >= 0.6 is 27.3 Å². The standard InChI is InChI=1S/C17H11BrS/c18-10-11-9-16-17(13-6-2-1-5-12(11)13)14-7-3-4-8-15(14)19-16/h1-9H,10H2. The summed E-state index contributed by atoms with van der Waals surface area (Å²) < 4.78 is 2.75. The number of fused-ring (bicyclic) bond motifs is 5. The lowest BCUT2D eigenvalue weighted by atomic mass is 10.0. The van der Waals surface area contributed by atoms with Crippen molar-refractivity contribution in [3.8, 4) is 0 Å². The van der Waals surface area contributed by atoms with E-state index in [4.69, 9.17) is 0 Å². The molecule has 0 fully saturated rings. The Kier molecular flexibility index (Phi) is 2.61. The predicted molar refractivity (Wildman–Crippen MR) is 89.5 cm³/mol. The normalized spacial score (nSPS) is 11.6. The van der Waals surface area contributed by atoms with Crippen molar-refractivity contribution in [2.24, 2.45) is 0 Å². The molecule has 2 heteroatoms. The average Bonchev–Trinajstić information content (AvgIpc) is 2.84. The third-order valence-electron chi connectivity index (χ3n) is 3.61. The Balaban J connectivity index is 2.34. The molecule has 4 aromatic rings. The van der Waals surface area contributed by atoms with Crippen LogP contribution in [0.15, 0.2) is 54.6 Å². The fraction of sp³-hybridized carbons (Fsp3) is 0.0588. The number of alkyl halides is 1. The lowest BCUT2D eigenvalue weighted by Crippen LogP contribution is -1.82. The van der Waals surface area contributed by atoms with Crippen molar-refractivity contribution >= 4 is 58.2 Å². The maximum absolute atomic E-state index is 3.61. The zero-order valence-corrected chi connectivity index (χ0v) is 12.6. The number of benzene rings is 3. The Morgan fingerprint density at radius 3 is 2.26 bits per heavy atom. The second-order valence-electron chi connectivity index (χ2n) is 4.69. The van der Waals surface area contributed by atoms with Gasteiger partial charge in [-0.05, 0) is 28.5 Å². The van der Waals surface area contributed by atoms with Gasteiger partial charge in [0.2, 0.25) is 0 Å². The highest BCUT2D eigenvalue weighted by Crippen LogP contribution is 2.40. The van der Waals surface area contributed by atoms with Crippen LogP contribution in [-0.2, 0) is 5.33 Å². The lowest BCUT2D eigenvalue weighted by molar-refractivity contribution is 1.52. The van der Waals surface area contributed by atoms with Crippen molar-refractivity contribution in [2.45, 2.75) is 5.33 Å². The summed E-state index contributed by atoms with van der Waals surface area (Å²) in [5.74, 6) is 0. The van der Waals surface area contributed by atoms with Crippen LogP contribution in [0.2, 0.25) is 0 Å². The van der Waals surface area contributed by atoms with E-state index in [-0.39, 0.29) is 0 Å². The van der Waals surface area contributed by atoms with Crippen LogP contribution in [0.5, 0.6) is 0 Å². The predicted octanol–water partition coefficient (Wildman–Crippen LogP) is 6.10. The lowest BCUT2D eigenvalue weighted by Gasteiger charge is -2.05. The zero-order valence-electron chi connectivity index (χ0n) is 10.2. The highest BCUT2D eigenvalue weighted by atomic mass is 79.9. The van der Waals surface area contributed by atoms with Crippen LogP contribution in [0.4, 0.5) is 0 Å². The molecule has 0 saturated carbocycles. The fourth-order valence-corrected chi connectivity index (χ4v) is 4.42. The van der Waals surface area contributed by atoms with Gasteiger partial charge in [0.15, 0.2) is 0 Å². The first-order valence-corrected chi connectivity index (χ1v) is 8.20. The molecule has 0 aliphatic carbocycles. The van der Waals surface area contributed by atoms with Gasteiger partial charge in [0.05, 0.1) is 0 Å². The Bertz CT molecular complexity index is 905. The molecule has 0 amide bonds. The SMILES string of the molecule is BrCc1cc2sc3ccccc3c2c2ccccc12. The minimum atomic E-state index is 0.900. The van der Waals surface area contributed by atoms with Crippen molar-refractivity contribution in [2.75, 3.05) is 0 Å². The molecule has 19 heavy (non-hydrogen) atoms. The van der Waals surface area contributed by atoms with Crippen LogP contribution in [0, 0.1) is 0 Å². The molecule has 4 rings (SSSR count). The number of thiophene rings is 1. The number of halogens is 1. The summed E-state index contributed by atoms with van der Waals surface area (Å²) in [4.78, 5) is 0. The van der Waals surface area contributed by atoms with E-state index >= 15 is 0 Å². The van der Waals surface area contributed by atoms with E-state index in [2.05, 4.69) is 70.5 Å². The first-order valence-electron chi connectivity index (χ1n) is 6.26. The van der Waals surface area contributed by atoms with Crippen LogP contribution in [0.3, 0.4) is 0 Å². The van der Waals surface area contributed by atoms with Gasteiger partial charge in [0.25, 0.3) is 0 Å². The van der Waals surface area contributed by atoms with E-state index in [9.17, 15) is 0 Å². The van der Waals surface area contributed by atoms with Crippen LogP contribution < -0.4 is 0 Å². The molecule has 0 nitrogen and oxygen atoms in total. The highest BCUT2D eigenvalue weighted by Gasteiger charge is 2.10. The van der Waals surface area contributed by atoms with Crippen molar-refractivity contribution < 1.29 is 0 Å². The molecule has 0 unspecified atom stereocenters. The molecule has 0 spiro atoms. The topological polar surface area (TPSA) is 0 Å². The molecular weight excluding hydrogens is 316 g/mol. The molecule has 0 atom stereocenters. The quantitative estimate of drug-likeness (QED) is 0.370. The van der Waals surface area contributed by atoms with Crippen LogP contribution in [0.1, 0.15) is 5.56 Å². The molecule has 0 aliphatic rings. The molecule has 1 aromatic heterocycles. The molecule has 1 heterocycles. The van der Waals surface area contributed by atoms with E-state index in [0.29, 0.717) is 0 Å². The van der Waals surface area contributed by atoms with Crippen molar-refractivity contribution in [3.63, 3.8) is 0 Å². The third kappa shape index (κ3) is 1.63. The van der Waals surface area contributed by atoms with Gasteiger partial charge in [-0.1, -0.05) is 58.4 Å². The van der Waals surface area contributed by atoms with E-state index in [0.717, 1.165) is 5.33 Å². The Morgan fingerprint density at radius 2 is 1.47 bits per heavy atom. The summed E-state index contributed by atoms with van der Waals surface area (Å²) in [6.07, 6.45) is 0. The Hall–Kier alpha value is -1.38. The fourth-order valence-electron chi connectivity index (χ4n) is 2.77. The largest absolute Gasteiger partial charge is 0.135 e. The van der Waals surface area contributed by atoms with Gasteiger partial charge < -0.3 is 0 Å². The van der Waals surface area contributed by atoms with Crippen LogP contribution in [-0.4, -0.2) is 0 Å². The first-order chi connectivity index (χ1) is 9.38. The molecule has 0 radical (unpaired) electrons. The van der Waals surface area contributed by atoms with E-state index < -0.39 is 0 Å². The smallest absolute Gasteiger partial charge is 0.0364 e. The number of rotatable bonds is 1. The first kappa shape index (κ1) is 11.4. The summed E-state index contributed by atoms with van der Waals surface area (Å²) >= 11 is 5.50. The molecule has 0 N–H and O–H groups in total. The van der Waals surface area contributed by atoms with Gasteiger partial charge in [0, 0.05) is 25.5 Å². The highest BCUT2D eigenvalue weighted by molar-refractivity contribution is 9.08. The Morgan fingerprint density at radius 1 is 0.789 bits per heavy atom. The third-order valence-corrected chi connectivity index (χ3v) is 5.34. The molecule has 3 aromatic carbocycles. The van der Waals surface area contributed by atoms with Crippen LogP contribution in [0.25, 0.3) is 30.9 Å². The molecular formula is C17H11BrS. The maximum atomic E-state index is 3.61. The summed E-state index contributed by atoms with van der Waals surface area (Å²) in [6.45, 7) is 0. The van der Waals surface area contributed by atoms with Crippen molar-refractivity contribution in [3.05, 3.63) is 60.2 Å². The second-order valence-corrected chi connectivity index (χ2v) is 6.33. The Labute approximate surface area is 123 Å². The van der Waals surface area contributed by atoms with E-state index in [1.807, 2.05) is 11.3 Å². The van der Waals surface area contributed by atoms with Gasteiger partial charge in [-0.15, -0.1) is 11.3 Å². The van der Waals surface area contributed by atoms with Crippen molar-refractivity contribution in [1.29, 1.82) is 0 Å². The molecule has 0 bridgehead atoms. The minimum absolute atomic E-state index is 0.900. The summed E-state index contributed by atoms with van der Waals surface area (Å²) in [6, 6.07) is 19.7. The monoisotopic (exact) mass is 326 g/mol. The second kappa shape index (κ2) is 4.32. The molecule has 92 valence electrons. The van der Waals surface area contributed by atoms with Gasteiger partial charge in [-0.25, -0.2) is 0 Å². The van der Waals surface area contributed by atoms with E-state index in [1.165, 1.54) is 36.5 Å². The van der Waals surface area contributed by atoms with E-state index in [1.54, 1.807) is 0 Å². The average molecular weight is 327 g/mol. The number of hydrogen-bond acceptors (Lipinski definition) is 1. The zero-order chi connectivity index (χ0) is 12.8. The number of hydrogen-bond donors (Lipinski definition) is 0. The summed E-state index contributed by atoms with van der Waals surface area (Å²) in [7, 11) is 0. The maximum Gasteiger partial charge on any atom is 0.0364 e. The van der Waals surface area contributed by atoms with Crippen molar-refractivity contribution in [1.82, 2.24) is 0 Å². The van der Waals surface area contributed by atoms with Gasteiger partial charge in [-0.2, -0.15) is 0 Å². The summed E-state index contributed by atoms with van der Waals surface area (Å²) in [5.41, 5.74) is 1.37.